The van der Waals surface area contributed by atoms with Gasteiger partial charge in [0.2, 0.25) is 5.91 Å². The molecule has 1 aromatic heterocycles. The van der Waals surface area contributed by atoms with Gasteiger partial charge >= 0.3 is 0 Å². The van der Waals surface area contributed by atoms with Gasteiger partial charge in [-0.2, -0.15) is 0 Å². The number of nitrogens with one attached hydrogen (secondary N) is 1. The smallest absolute Gasteiger partial charge is 0.220 e. The van der Waals surface area contributed by atoms with Gasteiger partial charge in [0.25, 0.3) is 0 Å². The second-order valence-electron chi connectivity index (χ2n) is 7.44. The third-order valence-electron chi connectivity index (χ3n) is 3.92. The third kappa shape index (κ3) is 5.66. The van der Waals surface area contributed by atoms with Crippen molar-refractivity contribution in [3.63, 3.8) is 0 Å². The van der Waals surface area contributed by atoms with Crippen molar-refractivity contribution in [1.29, 1.82) is 0 Å². The first-order valence-corrected chi connectivity index (χ1v) is 8.41. The number of rotatable bonds is 4. The van der Waals surface area contributed by atoms with Gasteiger partial charge in [0.05, 0.1) is 0 Å². The molecule has 2 heterocycles. The fourth-order valence-electron chi connectivity index (χ4n) is 2.75. The Kier molecular flexibility index (Phi) is 5.81. The van der Waals surface area contributed by atoms with Crippen LogP contribution in [-0.2, 0) is 11.3 Å². The van der Waals surface area contributed by atoms with Crippen LogP contribution in [-0.4, -0.2) is 24.0 Å². The summed E-state index contributed by atoms with van der Waals surface area (Å²) in [5.41, 5.74) is 1.08. The molecule has 1 saturated heterocycles. The standard InChI is InChI=1S/C18H29N3O/c1-18(2,3)12-17(22)20-14-15-8-9-16(19-13-15)21-10-6-4-5-7-11-21/h8-9,13H,4-7,10-12,14H2,1-3H3,(H,20,22). The first-order valence-electron chi connectivity index (χ1n) is 8.41. The van der Waals surface area contributed by atoms with Crippen molar-refractivity contribution in [1.82, 2.24) is 10.3 Å². The summed E-state index contributed by atoms with van der Waals surface area (Å²) in [6.07, 6.45) is 7.60. The number of hydrogen-bond acceptors (Lipinski definition) is 3. The largest absolute Gasteiger partial charge is 0.357 e. The van der Waals surface area contributed by atoms with E-state index in [1.165, 1.54) is 25.7 Å². The highest BCUT2D eigenvalue weighted by atomic mass is 16.1. The molecule has 122 valence electrons. The lowest BCUT2D eigenvalue weighted by molar-refractivity contribution is -0.122. The maximum absolute atomic E-state index is 11.8. The molecule has 4 heteroatoms. The molecule has 22 heavy (non-hydrogen) atoms. The molecule has 0 atom stereocenters. The Morgan fingerprint density at radius 3 is 2.41 bits per heavy atom. The number of pyridine rings is 1. The molecule has 0 aromatic carbocycles. The molecule has 1 aliphatic rings. The summed E-state index contributed by atoms with van der Waals surface area (Å²) < 4.78 is 0. The Bertz CT molecular complexity index is 468. The van der Waals surface area contributed by atoms with Crippen molar-refractivity contribution in [2.24, 2.45) is 5.41 Å². The summed E-state index contributed by atoms with van der Waals surface area (Å²) in [7, 11) is 0. The van der Waals surface area contributed by atoms with Gasteiger partial charge in [-0.25, -0.2) is 4.98 Å². The summed E-state index contributed by atoms with van der Waals surface area (Å²) in [5, 5.41) is 2.97. The van der Waals surface area contributed by atoms with E-state index >= 15 is 0 Å². The monoisotopic (exact) mass is 303 g/mol. The maximum atomic E-state index is 11.8. The maximum Gasteiger partial charge on any atom is 0.220 e. The number of aromatic nitrogens is 1. The highest BCUT2D eigenvalue weighted by molar-refractivity contribution is 5.76. The number of anilines is 1. The molecular formula is C18H29N3O. The fraction of sp³-hybridized carbons (Fsp3) is 0.667. The molecule has 0 saturated carbocycles. The van der Waals surface area contributed by atoms with E-state index in [4.69, 9.17) is 0 Å². The predicted molar refractivity (Wildman–Crippen MR) is 90.8 cm³/mol. The van der Waals surface area contributed by atoms with Gasteiger partial charge in [-0.05, 0) is 29.9 Å². The van der Waals surface area contributed by atoms with Crippen molar-refractivity contribution in [2.75, 3.05) is 18.0 Å². The molecule has 2 rings (SSSR count). The molecule has 1 amide bonds. The number of carbonyl (C=O) groups is 1. The zero-order chi connectivity index (χ0) is 16.0. The Morgan fingerprint density at radius 1 is 1.18 bits per heavy atom. The normalized spacial score (nSPS) is 16.2. The minimum absolute atomic E-state index is 0.0267. The summed E-state index contributed by atoms with van der Waals surface area (Å²) in [4.78, 5) is 18.8. The summed E-state index contributed by atoms with van der Waals surface area (Å²) in [6.45, 7) is 8.99. The topological polar surface area (TPSA) is 45.2 Å². The molecule has 1 aliphatic heterocycles. The average Bonchev–Trinajstić information content (AvgIpc) is 2.73. The second kappa shape index (κ2) is 7.61. The molecule has 1 N–H and O–H groups in total. The molecule has 1 aromatic rings. The van der Waals surface area contributed by atoms with Crippen LogP contribution in [0.1, 0.15) is 58.4 Å². The first-order chi connectivity index (χ1) is 10.4. The van der Waals surface area contributed by atoms with Crippen molar-refractivity contribution >= 4 is 11.7 Å². The molecule has 0 aliphatic carbocycles. The van der Waals surface area contributed by atoms with E-state index in [-0.39, 0.29) is 11.3 Å². The number of carbonyl (C=O) groups excluding carboxylic acids is 1. The van der Waals surface area contributed by atoms with E-state index in [0.717, 1.165) is 24.5 Å². The Balaban J connectivity index is 1.85. The minimum Gasteiger partial charge on any atom is -0.357 e. The third-order valence-corrected chi connectivity index (χ3v) is 3.92. The number of amides is 1. The average molecular weight is 303 g/mol. The van der Waals surface area contributed by atoms with Crippen LogP contribution in [0.25, 0.3) is 0 Å². The van der Waals surface area contributed by atoms with Crippen LogP contribution in [0, 0.1) is 5.41 Å². The Morgan fingerprint density at radius 2 is 1.86 bits per heavy atom. The van der Waals surface area contributed by atoms with Crippen LogP contribution >= 0.6 is 0 Å². The lowest BCUT2D eigenvalue weighted by atomic mass is 9.92. The fourth-order valence-corrected chi connectivity index (χ4v) is 2.75. The van der Waals surface area contributed by atoms with Crippen LogP contribution < -0.4 is 10.2 Å². The van der Waals surface area contributed by atoms with Gasteiger partial charge in [-0.3, -0.25) is 4.79 Å². The van der Waals surface area contributed by atoms with Crippen LogP contribution in [0.15, 0.2) is 18.3 Å². The zero-order valence-electron chi connectivity index (χ0n) is 14.2. The lowest BCUT2D eigenvalue weighted by Gasteiger charge is -2.21. The minimum atomic E-state index is 0.0267. The molecule has 0 bridgehead atoms. The van der Waals surface area contributed by atoms with E-state index in [1.54, 1.807) is 0 Å². The Labute approximate surface area is 134 Å². The summed E-state index contributed by atoms with van der Waals surface area (Å²) in [5.74, 6) is 1.16. The SMILES string of the molecule is CC(C)(C)CC(=O)NCc1ccc(N2CCCCCC2)nc1. The van der Waals surface area contributed by atoms with Crippen LogP contribution in [0.5, 0.6) is 0 Å². The predicted octanol–water partition coefficient (Wildman–Crippen LogP) is 3.51. The van der Waals surface area contributed by atoms with Gasteiger partial charge < -0.3 is 10.2 Å². The van der Waals surface area contributed by atoms with Crippen LogP contribution in [0.4, 0.5) is 5.82 Å². The lowest BCUT2D eigenvalue weighted by Crippen LogP contribution is -2.27. The molecule has 4 nitrogen and oxygen atoms in total. The van der Waals surface area contributed by atoms with E-state index in [1.807, 2.05) is 6.20 Å². The van der Waals surface area contributed by atoms with E-state index in [2.05, 4.69) is 48.1 Å². The molecule has 0 radical (unpaired) electrons. The van der Waals surface area contributed by atoms with Crippen molar-refractivity contribution in [3.05, 3.63) is 23.9 Å². The van der Waals surface area contributed by atoms with Gasteiger partial charge in [-0.1, -0.05) is 39.7 Å². The van der Waals surface area contributed by atoms with E-state index in [0.29, 0.717) is 13.0 Å². The number of nitrogens with zero attached hydrogens (tertiary/aromatic N) is 2. The summed E-state index contributed by atoms with van der Waals surface area (Å²) in [6, 6.07) is 4.15. The van der Waals surface area contributed by atoms with Gasteiger partial charge in [0, 0.05) is 32.3 Å². The van der Waals surface area contributed by atoms with Gasteiger partial charge in [-0.15, -0.1) is 0 Å². The highest BCUT2D eigenvalue weighted by Gasteiger charge is 2.15. The molecular weight excluding hydrogens is 274 g/mol. The van der Waals surface area contributed by atoms with E-state index < -0.39 is 0 Å². The van der Waals surface area contributed by atoms with Crippen molar-refractivity contribution in [2.45, 2.75) is 59.4 Å². The second-order valence-corrected chi connectivity index (χ2v) is 7.44. The van der Waals surface area contributed by atoms with Gasteiger partial charge in [0.15, 0.2) is 0 Å². The van der Waals surface area contributed by atoms with E-state index in [9.17, 15) is 4.79 Å². The van der Waals surface area contributed by atoms with Gasteiger partial charge in [0.1, 0.15) is 5.82 Å². The van der Waals surface area contributed by atoms with Crippen LogP contribution in [0.2, 0.25) is 0 Å². The molecule has 0 spiro atoms. The van der Waals surface area contributed by atoms with Crippen molar-refractivity contribution < 1.29 is 4.79 Å². The Hall–Kier alpha value is -1.58. The highest BCUT2D eigenvalue weighted by Crippen LogP contribution is 2.19. The molecule has 0 unspecified atom stereocenters. The number of hydrogen-bond donors (Lipinski definition) is 1. The zero-order valence-corrected chi connectivity index (χ0v) is 14.2. The molecule has 1 fully saturated rings. The summed E-state index contributed by atoms with van der Waals surface area (Å²) >= 11 is 0. The van der Waals surface area contributed by atoms with Crippen molar-refractivity contribution in [3.8, 4) is 0 Å². The van der Waals surface area contributed by atoms with Crippen LogP contribution in [0.3, 0.4) is 0 Å². The first kappa shape index (κ1) is 16.8. The quantitative estimate of drug-likeness (QED) is 0.925.